The Morgan fingerprint density at radius 2 is 2.10 bits per heavy atom. The van der Waals surface area contributed by atoms with Gasteiger partial charge in [0.1, 0.15) is 5.75 Å². The number of aromatic nitrogens is 1. The maximum atomic E-state index is 11.7. The number of nitro groups is 1. The molecule has 0 unspecified atom stereocenters. The smallest absolute Gasteiger partial charge is 0.285 e. The van der Waals surface area contributed by atoms with Gasteiger partial charge < -0.3 is 9.30 Å². The molecule has 1 aromatic carbocycles. The maximum Gasteiger partial charge on any atom is 0.285 e. The first kappa shape index (κ1) is 14.1. The van der Waals surface area contributed by atoms with Crippen molar-refractivity contribution in [2.24, 2.45) is 0 Å². The van der Waals surface area contributed by atoms with Gasteiger partial charge in [0.05, 0.1) is 24.8 Å². The third-order valence-corrected chi connectivity index (χ3v) is 3.13. The van der Waals surface area contributed by atoms with Crippen LogP contribution >= 0.6 is 11.6 Å². The van der Waals surface area contributed by atoms with Gasteiger partial charge in [-0.1, -0.05) is 17.7 Å². The van der Waals surface area contributed by atoms with Gasteiger partial charge in [0.2, 0.25) is 0 Å². The van der Waals surface area contributed by atoms with Crippen molar-refractivity contribution in [3.63, 3.8) is 0 Å². The van der Waals surface area contributed by atoms with E-state index < -0.39 is 4.92 Å². The largest absolute Gasteiger partial charge is 0.497 e. The Bertz CT molecular complexity index is 712. The first-order valence-electron chi connectivity index (χ1n) is 5.68. The predicted molar refractivity (Wildman–Crippen MR) is 74.5 cm³/mol. The summed E-state index contributed by atoms with van der Waals surface area (Å²) < 4.78 is 6.27. The van der Waals surface area contributed by atoms with Crippen LogP contribution in [0.25, 0.3) is 0 Å². The summed E-state index contributed by atoms with van der Waals surface area (Å²) in [5, 5.41) is 11.1. The Labute approximate surface area is 119 Å². The van der Waals surface area contributed by atoms with E-state index in [2.05, 4.69) is 0 Å². The average Bonchev–Trinajstić information content (AvgIpc) is 2.42. The van der Waals surface area contributed by atoms with Crippen LogP contribution in [0, 0.1) is 10.1 Å². The minimum absolute atomic E-state index is 0.144. The quantitative estimate of drug-likeness (QED) is 0.641. The number of benzene rings is 1. The molecule has 0 spiro atoms. The molecule has 0 aliphatic carbocycles. The van der Waals surface area contributed by atoms with Gasteiger partial charge in [-0.15, -0.1) is 0 Å². The lowest BCUT2D eigenvalue weighted by Crippen LogP contribution is -2.19. The number of pyridine rings is 1. The number of hydrogen-bond donors (Lipinski definition) is 0. The van der Waals surface area contributed by atoms with Gasteiger partial charge in [-0.2, -0.15) is 0 Å². The van der Waals surface area contributed by atoms with Crippen molar-refractivity contribution in [3.05, 3.63) is 67.6 Å². The molecule has 0 aliphatic heterocycles. The van der Waals surface area contributed by atoms with Crippen molar-refractivity contribution in [1.82, 2.24) is 4.57 Å². The van der Waals surface area contributed by atoms with Crippen LogP contribution in [0.4, 0.5) is 5.69 Å². The van der Waals surface area contributed by atoms with Crippen LogP contribution in [0.2, 0.25) is 5.02 Å². The Morgan fingerprint density at radius 3 is 2.70 bits per heavy atom. The molecule has 0 fully saturated rings. The van der Waals surface area contributed by atoms with Gasteiger partial charge in [-0.3, -0.25) is 14.9 Å². The molecule has 0 atom stereocenters. The van der Waals surface area contributed by atoms with Crippen LogP contribution in [-0.4, -0.2) is 16.6 Å². The van der Waals surface area contributed by atoms with E-state index in [1.54, 1.807) is 18.2 Å². The van der Waals surface area contributed by atoms with Crippen LogP contribution in [0.1, 0.15) is 5.56 Å². The zero-order valence-corrected chi connectivity index (χ0v) is 11.3. The molecule has 1 aromatic heterocycles. The molecule has 0 saturated heterocycles. The van der Waals surface area contributed by atoms with Crippen LogP contribution in [0.5, 0.6) is 5.75 Å². The van der Waals surface area contributed by atoms with E-state index in [1.165, 1.54) is 23.9 Å². The highest BCUT2D eigenvalue weighted by atomic mass is 35.5. The lowest BCUT2D eigenvalue weighted by Gasteiger charge is -2.08. The van der Waals surface area contributed by atoms with Crippen molar-refractivity contribution in [2.45, 2.75) is 6.54 Å². The monoisotopic (exact) mass is 294 g/mol. The van der Waals surface area contributed by atoms with Crippen molar-refractivity contribution in [3.8, 4) is 5.75 Å². The van der Waals surface area contributed by atoms with Crippen molar-refractivity contribution >= 4 is 17.3 Å². The molecular weight excluding hydrogens is 284 g/mol. The third-order valence-electron chi connectivity index (χ3n) is 2.78. The minimum Gasteiger partial charge on any atom is -0.497 e. The molecule has 7 heteroatoms. The fourth-order valence-corrected chi connectivity index (χ4v) is 1.95. The molecule has 0 aliphatic rings. The molecule has 6 nitrogen and oxygen atoms in total. The topological polar surface area (TPSA) is 74.4 Å². The summed E-state index contributed by atoms with van der Waals surface area (Å²) in [5.41, 5.74) is 0.201. The van der Waals surface area contributed by atoms with Gasteiger partial charge in [-0.25, -0.2) is 0 Å². The average molecular weight is 295 g/mol. The van der Waals surface area contributed by atoms with Gasteiger partial charge in [-0.05, 0) is 17.7 Å². The highest BCUT2D eigenvalue weighted by Gasteiger charge is 2.10. The predicted octanol–water partition coefficient (Wildman–Crippen LogP) is 2.47. The standard InChI is InChI=1S/C13H11ClN2O4/c1-20-11-4-2-9(12(14)6-11)7-15-8-10(16(18)19)3-5-13(15)17/h2-6,8H,7H2,1H3. The molecule has 1 heterocycles. The van der Waals surface area contributed by atoms with Gasteiger partial charge in [0.15, 0.2) is 0 Å². The summed E-state index contributed by atoms with van der Waals surface area (Å²) in [6, 6.07) is 7.39. The van der Waals surface area contributed by atoms with Crippen molar-refractivity contribution < 1.29 is 9.66 Å². The van der Waals surface area contributed by atoms with E-state index in [9.17, 15) is 14.9 Å². The lowest BCUT2D eigenvalue weighted by molar-refractivity contribution is -0.385. The number of nitrogens with zero attached hydrogens (tertiary/aromatic N) is 2. The van der Waals surface area contributed by atoms with E-state index in [1.807, 2.05) is 0 Å². The van der Waals surface area contributed by atoms with Crippen LogP contribution < -0.4 is 10.3 Å². The van der Waals surface area contributed by atoms with Crippen LogP contribution in [0.3, 0.4) is 0 Å². The highest BCUT2D eigenvalue weighted by molar-refractivity contribution is 6.31. The molecule has 0 N–H and O–H groups in total. The van der Waals surface area contributed by atoms with Crippen molar-refractivity contribution in [2.75, 3.05) is 7.11 Å². The molecule has 0 saturated carbocycles. The summed E-state index contributed by atoms with van der Waals surface area (Å²) in [6.45, 7) is 0.156. The zero-order valence-electron chi connectivity index (χ0n) is 10.6. The second-order valence-electron chi connectivity index (χ2n) is 4.07. The Hall–Kier alpha value is -2.34. The van der Waals surface area contributed by atoms with Gasteiger partial charge in [0, 0.05) is 17.2 Å². The molecule has 0 radical (unpaired) electrons. The molecule has 2 aromatic rings. The summed E-state index contributed by atoms with van der Waals surface area (Å²) in [5.74, 6) is 0.602. The summed E-state index contributed by atoms with van der Waals surface area (Å²) >= 11 is 6.08. The fourth-order valence-electron chi connectivity index (χ4n) is 1.72. The normalized spacial score (nSPS) is 10.3. The number of hydrogen-bond acceptors (Lipinski definition) is 4. The first-order valence-corrected chi connectivity index (χ1v) is 6.06. The second kappa shape index (κ2) is 5.75. The van der Waals surface area contributed by atoms with Crippen LogP contribution in [-0.2, 0) is 6.54 Å². The Kier molecular flexibility index (Phi) is 4.05. The number of halogens is 1. The van der Waals surface area contributed by atoms with Crippen molar-refractivity contribution in [1.29, 1.82) is 0 Å². The highest BCUT2D eigenvalue weighted by Crippen LogP contribution is 2.23. The summed E-state index contributed by atoms with van der Waals surface area (Å²) in [6.07, 6.45) is 1.20. The van der Waals surface area contributed by atoms with E-state index in [0.29, 0.717) is 16.3 Å². The Morgan fingerprint density at radius 1 is 1.35 bits per heavy atom. The number of rotatable bonds is 4. The Balaban J connectivity index is 2.37. The number of ether oxygens (including phenoxy) is 1. The van der Waals surface area contributed by atoms with E-state index in [0.717, 1.165) is 6.07 Å². The summed E-state index contributed by atoms with van der Waals surface area (Å²) in [4.78, 5) is 21.9. The minimum atomic E-state index is -0.550. The first-order chi connectivity index (χ1) is 9.51. The fraction of sp³-hybridized carbons (Fsp3) is 0.154. The van der Waals surface area contributed by atoms with Gasteiger partial charge in [0.25, 0.3) is 11.2 Å². The van der Waals surface area contributed by atoms with E-state index >= 15 is 0 Å². The van der Waals surface area contributed by atoms with Crippen LogP contribution in [0.15, 0.2) is 41.3 Å². The summed E-state index contributed by atoms with van der Waals surface area (Å²) in [7, 11) is 1.52. The molecule has 0 amide bonds. The second-order valence-corrected chi connectivity index (χ2v) is 4.48. The molecule has 104 valence electrons. The molecular formula is C13H11ClN2O4. The zero-order chi connectivity index (χ0) is 14.7. The molecule has 0 bridgehead atoms. The maximum absolute atomic E-state index is 11.7. The lowest BCUT2D eigenvalue weighted by atomic mass is 10.2. The van der Waals surface area contributed by atoms with E-state index in [-0.39, 0.29) is 17.8 Å². The SMILES string of the molecule is COc1ccc(Cn2cc([N+](=O)[O-])ccc2=O)c(Cl)c1. The molecule has 2 rings (SSSR count). The number of methoxy groups -OCH3 is 1. The van der Waals surface area contributed by atoms with E-state index in [4.69, 9.17) is 16.3 Å². The van der Waals surface area contributed by atoms with Gasteiger partial charge >= 0.3 is 0 Å². The third kappa shape index (κ3) is 2.97. The molecule has 20 heavy (non-hydrogen) atoms.